The summed E-state index contributed by atoms with van der Waals surface area (Å²) in [5.74, 6) is 2.46. The zero-order valence-corrected chi connectivity index (χ0v) is 15.7. The van der Waals surface area contributed by atoms with Gasteiger partial charge in [-0.25, -0.2) is 0 Å². The number of rotatable bonds is 5. The van der Waals surface area contributed by atoms with Crippen LogP contribution in [-0.2, 0) is 4.74 Å². The van der Waals surface area contributed by atoms with Crippen molar-refractivity contribution < 1.29 is 4.74 Å². The van der Waals surface area contributed by atoms with Gasteiger partial charge in [0.2, 0.25) is 0 Å². The molecule has 23 heavy (non-hydrogen) atoms. The number of aliphatic imine (C=N–C) groups is 1. The van der Waals surface area contributed by atoms with E-state index < -0.39 is 0 Å². The first-order valence-corrected chi connectivity index (χ1v) is 9.22. The lowest BCUT2D eigenvalue weighted by Gasteiger charge is -2.45. The Balaban J connectivity index is 1.79. The number of hydrogen-bond donors (Lipinski definition) is 2. The Morgan fingerprint density at radius 3 is 2.48 bits per heavy atom. The molecule has 0 saturated carbocycles. The average Bonchev–Trinajstić information content (AvgIpc) is 2.99. The Morgan fingerprint density at radius 1 is 1.22 bits per heavy atom. The lowest BCUT2D eigenvalue weighted by atomic mass is 9.88. The zero-order valence-electron chi connectivity index (χ0n) is 15.7. The molecule has 5 nitrogen and oxygen atoms in total. The lowest BCUT2D eigenvalue weighted by Crippen LogP contribution is -2.57. The highest BCUT2D eigenvalue weighted by Crippen LogP contribution is 2.26. The SMILES string of the molecule is CN=C(NCC1CCCO1)NCC(C)(C)N1CC(C)CC(C)C1. The molecule has 0 aliphatic carbocycles. The first-order chi connectivity index (χ1) is 10.9. The minimum absolute atomic E-state index is 0.129. The van der Waals surface area contributed by atoms with Crippen molar-refractivity contribution >= 4 is 5.96 Å². The van der Waals surface area contributed by atoms with Crippen molar-refractivity contribution in [3.63, 3.8) is 0 Å². The number of hydrogen-bond acceptors (Lipinski definition) is 3. The van der Waals surface area contributed by atoms with E-state index in [2.05, 4.69) is 48.2 Å². The topological polar surface area (TPSA) is 48.9 Å². The third-order valence-corrected chi connectivity index (χ3v) is 5.16. The van der Waals surface area contributed by atoms with Crippen LogP contribution < -0.4 is 10.6 Å². The molecular formula is C18H36N4O. The van der Waals surface area contributed by atoms with E-state index in [4.69, 9.17) is 4.74 Å². The maximum atomic E-state index is 5.66. The third-order valence-electron chi connectivity index (χ3n) is 5.16. The lowest BCUT2D eigenvalue weighted by molar-refractivity contribution is 0.0483. The van der Waals surface area contributed by atoms with Crippen LogP contribution in [0.1, 0.15) is 47.0 Å². The van der Waals surface area contributed by atoms with Gasteiger partial charge >= 0.3 is 0 Å². The second kappa shape index (κ2) is 8.34. The highest BCUT2D eigenvalue weighted by Gasteiger charge is 2.32. The summed E-state index contributed by atoms with van der Waals surface area (Å²) >= 11 is 0. The molecule has 0 spiro atoms. The predicted molar refractivity (Wildman–Crippen MR) is 96.9 cm³/mol. The first kappa shape index (κ1) is 18.5. The summed E-state index contributed by atoms with van der Waals surface area (Å²) in [5.41, 5.74) is 0.129. The van der Waals surface area contributed by atoms with Gasteiger partial charge in [0.1, 0.15) is 0 Å². The number of piperidine rings is 1. The van der Waals surface area contributed by atoms with E-state index in [1.807, 2.05) is 7.05 Å². The summed E-state index contributed by atoms with van der Waals surface area (Å²) in [6, 6.07) is 0. The molecule has 3 unspecified atom stereocenters. The normalized spacial score (nSPS) is 30.5. The molecule has 3 atom stereocenters. The fourth-order valence-electron chi connectivity index (χ4n) is 3.81. The molecule has 2 saturated heterocycles. The molecule has 2 fully saturated rings. The maximum absolute atomic E-state index is 5.66. The highest BCUT2D eigenvalue weighted by atomic mass is 16.5. The van der Waals surface area contributed by atoms with E-state index in [1.54, 1.807) is 0 Å². The van der Waals surface area contributed by atoms with Gasteiger partial charge in [0, 0.05) is 45.4 Å². The molecule has 0 aromatic carbocycles. The largest absolute Gasteiger partial charge is 0.376 e. The van der Waals surface area contributed by atoms with Crippen LogP contribution in [0.4, 0.5) is 0 Å². The van der Waals surface area contributed by atoms with Gasteiger partial charge in [-0.2, -0.15) is 0 Å². The molecule has 0 aromatic heterocycles. The summed E-state index contributed by atoms with van der Waals surface area (Å²) in [5, 5.41) is 6.90. The minimum atomic E-state index is 0.129. The molecule has 0 bridgehead atoms. The maximum Gasteiger partial charge on any atom is 0.191 e. The zero-order chi connectivity index (χ0) is 16.9. The van der Waals surface area contributed by atoms with Crippen molar-refractivity contribution in [3.8, 4) is 0 Å². The standard InChI is InChI=1S/C18H36N4O/c1-14-9-15(2)12-22(11-14)18(3,4)13-21-17(19-5)20-10-16-7-6-8-23-16/h14-16H,6-13H2,1-5H3,(H2,19,20,21). The van der Waals surface area contributed by atoms with Crippen LogP contribution in [0.25, 0.3) is 0 Å². The molecule has 2 N–H and O–H groups in total. The molecule has 0 radical (unpaired) electrons. The van der Waals surface area contributed by atoms with Gasteiger partial charge in [0.05, 0.1) is 6.10 Å². The Bertz CT molecular complexity index is 380. The van der Waals surface area contributed by atoms with E-state index in [1.165, 1.54) is 25.9 Å². The summed E-state index contributed by atoms with van der Waals surface area (Å²) in [7, 11) is 1.84. The molecule has 2 aliphatic heterocycles. The van der Waals surface area contributed by atoms with Crippen LogP contribution in [-0.4, -0.2) is 62.3 Å². The summed E-state index contributed by atoms with van der Waals surface area (Å²) in [4.78, 5) is 6.98. The van der Waals surface area contributed by atoms with E-state index in [-0.39, 0.29) is 5.54 Å². The fraction of sp³-hybridized carbons (Fsp3) is 0.944. The van der Waals surface area contributed by atoms with Crippen molar-refractivity contribution in [2.45, 2.75) is 58.6 Å². The average molecular weight is 325 g/mol. The van der Waals surface area contributed by atoms with Crippen molar-refractivity contribution in [2.75, 3.05) is 39.8 Å². The Hall–Kier alpha value is -0.810. The van der Waals surface area contributed by atoms with E-state index >= 15 is 0 Å². The number of nitrogens with one attached hydrogen (secondary N) is 2. The second-order valence-electron chi connectivity index (χ2n) is 8.11. The molecule has 0 aromatic rings. The quantitative estimate of drug-likeness (QED) is 0.600. The smallest absolute Gasteiger partial charge is 0.191 e. The highest BCUT2D eigenvalue weighted by molar-refractivity contribution is 5.79. The number of nitrogens with zero attached hydrogens (tertiary/aromatic N) is 2. The molecule has 2 rings (SSSR count). The number of likely N-dealkylation sites (tertiary alicyclic amines) is 1. The summed E-state index contributed by atoms with van der Waals surface area (Å²) in [6.45, 7) is 14.4. The van der Waals surface area contributed by atoms with Crippen molar-refractivity contribution in [1.29, 1.82) is 0 Å². The van der Waals surface area contributed by atoms with Crippen molar-refractivity contribution in [2.24, 2.45) is 16.8 Å². The number of guanidine groups is 1. The van der Waals surface area contributed by atoms with Gasteiger partial charge < -0.3 is 15.4 Å². The minimum Gasteiger partial charge on any atom is -0.376 e. The van der Waals surface area contributed by atoms with Gasteiger partial charge in [-0.05, 0) is 44.9 Å². The summed E-state index contributed by atoms with van der Waals surface area (Å²) in [6.07, 6.45) is 4.02. The Morgan fingerprint density at radius 2 is 1.91 bits per heavy atom. The van der Waals surface area contributed by atoms with Crippen LogP contribution in [0.3, 0.4) is 0 Å². The van der Waals surface area contributed by atoms with Crippen LogP contribution in [0.2, 0.25) is 0 Å². The Kier molecular flexibility index (Phi) is 6.72. The van der Waals surface area contributed by atoms with E-state index in [0.29, 0.717) is 6.10 Å². The van der Waals surface area contributed by atoms with Crippen molar-refractivity contribution in [3.05, 3.63) is 0 Å². The van der Waals surface area contributed by atoms with Crippen LogP contribution in [0, 0.1) is 11.8 Å². The first-order valence-electron chi connectivity index (χ1n) is 9.22. The van der Waals surface area contributed by atoms with Gasteiger partial charge in [-0.3, -0.25) is 9.89 Å². The molecule has 2 aliphatic rings. The van der Waals surface area contributed by atoms with Gasteiger partial charge in [0.15, 0.2) is 5.96 Å². The van der Waals surface area contributed by atoms with E-state index in [0.717, 1.165) is 43.9 Å². The van der Waals surface area contributed by atoms with Gasteiger partial charge in [0.25, 0.3) is 0 Å². The van der Waals surface area contributed by atoms with Gasteiger partial charge in [-0.1, -0.05) is 13.8 Å². The van der Waals surface area contributed by atoms with Crippen LogP contribution >= 0.6 is 0 Å². The molecular weight excluding hydrogens is 288 g/mol. The molecule has 5 heteroatoms. The number of ether oxygens (including phenoxy) is 1. The molecule has 2 heterocycles. The van der Waals surface area contributed by atoms with Gasteiger partial charge in [-0.15, -0.1) is 0 Å². The predicted octanol–water partition coefficient (Wildman–Crippen LogP) is 2.09. The molecule has 134 valence electrons. The monoisotopic (exact) mass is 324 g/mol. The second-order valence-corrected chi connectivity index (χ2v) is 8.11. The molecule has 0 amide bonds. The van der Waals surface area contributed by atoms with Crippen LogP contribution in [0.15, 0.2) is 4.99 Å². The van der Waals surface area contributed by atoms with Crippen molar-refractivity contribution in [1.82, 2.24) is 15.5 Å². The van der Waals surface area contributed by atoms with Crippen LogP contribution in [0.5, 0.6) is 0 Å². The van der Waals surface area contributed by atoms with E-state index in [9.17, 15) is 0 Å². The third kappa shape index (κ3) is 5.64. The summed E-state index contributed by atoms with van der Waals surface area (Å²) < 4.78 is 5.66. The Labute approximate surface area is 142 Å². The fourth-order valence-corrected chi connectivity index (χ4v) is 3.81.